The molecule has 0 radical (unpaired) electrons. The number of aryl methyl sites for hydroxylation is 1. The molecule has 0 unspecified atom stereocenters. The predicted molar refractivity (Wildman–Crippen MR) is 120 cm³/mol. The standard InChI is InChI=1S/C17H14ClNO.C6H6N2O2/c1-2-13-11-12-7-6-10-15(18)16(12)17(20)19(13)14-8-4-3-5-9-14;7-5(9)4-2-1-3-8-6(4)10/h3-11H,2H2,1H3;1-3H,(H2,7,9)(H,8,10). The number of amides is 1. The van der Waals surface area contributed by atoms with Crippen LogP contribution in [0.5, 0.6) is 0 Å². The predicted octanol–water partition coefficient (Wildman–Crippen LogP) is 3.68. The highest BCUT2D eigenvalue weighted by Crippen LogP contribution is 2.22. The quantitative estimate of drug-likeness (QED) is 0.528. The average Bonchev–Trinajstić information content (AvgIpc) is 2.74. The van der Waals surface area contributed by atoms with Crippen LogP contribution in [0.1, 0.15) is 23.0 Å². The third kappa shape index (κ3) is 4.34. The van der Waals surface area contributed by atoms with Crippen molar-refractivity contribution in [1.29, 1.82) is 0 Å². The molecule has 7 heteroatoms. The normalized spacial score (nSPS) is 10.3. The van der Waals surface area contributed by atoms with Crippen LogP contribution in [0.2, 0.25) is 5.02 Å². The van der Waals surface area contributed by atoms with Crippen LogP contribution >= 0.6 is 11.6 Å². The van der Waals surface area contributed by atoms with Gasteiger partial charge in [-0.05, 0) is 48.2 Å². The Labute approximate surface area is 177 Å². The van der Waals surface area contributed by atoms with E-state index < -0.39 is 11.5 Å². The van der Waals surface area contributed by atoms with Crippen LogP contribution in [0.15, 0.2) is 82.5 Å². The zero-order valence-corrected chi connectivity index (χ0v) is 17.0. The average molecular weight is 422 g/mol. The van der Waals surface area contributed by atoms with Crippen LogP contribution in [-0.4, -0.2) is 15.5 Å². The van der Waals surface area contributed by atoms with Crippen LogP contribution < -0.4 is 16.9 Å². The van der Waals surface area contributed by atoms with E-state index in [2.05, 4.69) is 4.98 Å². The summed E-state index contributed by atoms with van der Waals surface area (Å²) in [6.45, 7) is 2.05. The number of hydrogen-bond acceptors (Lipinski definition) is 3. The number of rotatable bonds is 3. The fourth-order valence-corrected chi connectivity index (χ4v) is 3.37. The largest absolute Gasteiger partial charge is 0.365 e. The Morgan fingerprint density at radius 2 is 1.77 bits per heavy atom. The molecular formula is C23H20ClN3O3. The van der Waals surface area contributed by atoms with E-state index in [1.165, 1.54) is 12.3 Å². The number of para-hydroxylation sites is 1. The van der Waals surface area contributed by atoms with Crippen LogP contribution in [0.25, 0.3) is 16.5 Å². The van der Waals surface area contributed by atoms with Gasteiger partial charge in [-0.3, -0.25) is 19.0 Å². The van der Waals surface area contributed by atoms with E-state index in [-0.39, 0.29) is 11.1 Å². The smallest absolute Gasteiger partial charge is 0.264 e. The second kappa shape index (κ2) is 9.24. The number of nitrogens with two attached hydrogens (primary N) is 1. The molecule has 0 atom stereocenters. The van der Waals surface area contributed by atoms with Crippen molar-refractivity contribution in [2.24, 2.45) is 5.73 Å². The van der Waals surface area contributed by atoms with Gasteiger partial charge in [-0.2, -0.15) is 0 Å². The fraction of sp³-hybridized carbons (Fsp3) is 0.0870. The number of primary amides is 1. The number of aromatic amines is 1. The zero-order chi connectivity index (χ0) is 21.7. The number of fused-ring (bicyclic) bond motifs is 1. The van der Waals surface area contributed by atoms with Gasteiger partial charge in [0.2, 0.25) is 0 Å². The molecule has 0 saturated heterocycles. The maximum Gasteiger partial charge on any atom is 0.264 e. The number of carbonyl (C=O) groups is 1. The molecule has 4 aromatic rings. The van der Waals surface area contributed by atoms with Gasteiger partial charge in [0.25, 0.3) is 17.0 Å². The van der Waals surface area contributed by atoms with Gasteiger partial charge in [0, 0.05) is 17.6 Å². The first-order valence-corrected chi connectivity index (χ1v) is 9.68. The van der Waals surface area contributed by atoms with E-state index in [0.29, 0.717) is 10.4 Å². The number of aromatic nitrogens is 2. The van der Waals surface area contributed by atoms with Crippen molar-refractivity contribution in [2.45, 2.75) is 13.3 Å². The molecule has 0 aliphatic rings. The first-order chi connectivity index (χ1) is 14.4. The second-order valence-corrected chi connectivity index (χ2v) is 6.85. The summed E-state index contributed by atoms with van der Waals surface area (Å²) < 4.78 is 1.74. The molecule has 0 aliphatic heterocycles. The van der Waals surface area contributed by atoms with Crippen molar-refractivity contribution in [3.63, 3.8) is 0 Å². The lowest BCUT2D eigenvalue weighted by molar-refractivity contribution is 0.0999. The molecule has 0 bridgehead atoms. The molecule has 0 fully saturated rings. The number of halogens is 1. The van der Waals surface area contributed by atoms with Gasteiger partial charge >= 0.3 is 0 Å². The number of H-pyrrole nitrogens is 1. The Morgan fingerprint density at radius 3 is 2.37 bits per heavy atom. The number of hydrogen-bond donors (Lipinski definition) is 2. The zero-order valence-electron chi connectivity index (χ0n) is 16.3. The molecule has 0 aliphatic carbocycles. The van der Waals surface area contributed by atoms with Gasteiger partial charge in [0.05, 0.1) is 10.4 Å². The van der Waals surface area contributed by atoms with Gasteiger partial charge in [0.1, 0.15) is 5.56 Å². The summed E-state index contributed by atoms with van der Waals surface area (Å²) in [5.41, 5.74) is 6.19. The third-order valence-corrected chi connectivity index (χ3v) is 4.85. The summed E-state index contributed by atoms with van der Waals surface area (Å²) in [5.74, 6) is -0.707. The minimum Gasteiger partial charge on any atom is -0.365 e. The Balaban J connectivity index is 0.000000216. The number of nitrogens with zero attached hydrogens (tertiary/aromatic N) is 1. The van der Waals surface area contributed by atoms with Crippen LogP contribution in [-0.2, 0) is 6.42 Å². The van der Waals surface area contributed by atoms with Crippen LogP contribution in [0.4, 0.5) is 0 Å². The van der Waals surface area contributed by atoms with Gasteiger partial charge in [-0.15, -0.1) is 0 Å². The molecule has 3 N–H and O–H groups in total. The number of benzene rings is 2. The van der Waals surface area contributed by atoms with Crippen molar-refractivity contribution in [3.8, 4) is 5.69 Å². The van der Waals surface area contributed by atoms with E-state index >= 15 is 0 Å². The first kappa shape index (κ1) is 21.1. The van der Waals surface area contributed by atoms with Crippen LogP contribution in [0.3, 0.4) is 0 Å². The Kier molecular flexibility index (Phi) is 6.49. The summed E-state index contributed by atoms with van der Waals surface area (Å²) in [6, 6.07) is 20.2. The number of pyridine rings is 2. The summed E-state index contributed by atoms with van der Waals surface area (Å²) in [5, 5.41) is 1.97. The van der Waals surface area contributed by atoms with Gasteiger partial charge in [0.15, 0.2) is 0 Å². The maximum atomic E-state index is 12.8. The van der Waals surface area contributed by atoms with E-state index in [1.807, 2.05) is 55.5 Å². The van der Waals surface area contributed by atoms with E-state index in [0.717, 1.165) is 23.2 Å². The Hall–Kier alpha value is -3.64. The first-order valence-electron chi connectivity index (χ1n) is 9.30. The number of carbonyl (C=O) groups excluding carboxylic acids is 1. The molecule has 6 nitrogen and oxygen atoms in total. The molecule has 1 amide bonds. The van der Waals surface area contributed by atoms with Crippen molar-refractivity contribution < 1.29 is 4.79 Å². The molecular weight excluding hydrogens is 402 g/mol. The molecule has 0 saturated carbocycles. The van der Waals surface area contributed by atoms with Crippen molar-refractivity contribution in [3.05, 3.63) is 110 Å². The molecule has 0 spiro atoms. The Bertz CT molecular complexity index is 1310. The van der Waals surface area contributed by atoms with Crippen molar-refractivity contribution >= 4 is 28.3 Å². The van der Waals surface area contributed by atoms with E-state index in [9.17, 15) is 14.4 Å². The van der Waals surface area contributed by atoms with Crippen molar-refractivity contribution in [2.75, 3.05) is 0 Å². The third-order valence-electron chi connectivity index (χ3n) is 4.53. The molecule has 30 heavy (non-hydrogen) atoms. The lowest BCUT2D eigenvalue weighted by Gasteiger charge is -2.14. The van der Waals surface area contributed by atoms with Gasteiger partial charge < -0.3 is 10.7 Å². The minimum atomic E-state index is -0.707. The minimum absolute atomic E-state index is 0.0116. The summed E-state index contributed by atoms with van der Waals surface area (Å²) >= 11 is 6.20. The van der Waals surface area contributed by atoms with E-state index in [1.54, 1.807) is 16.7 Å². The van der Waals surface area contributed by atoms with Crippen molar-refractivity contribution in [1.82, 2.24) is 9.55 Å². The monoisotopic (exact) mass is 421 g/mol. The lowest BCUT2D eigenvalue weighted by atomic mass is 10.1. The SMILES string of the molecule is CCc1cc2cccc(Cl)c2c(=O)n1-c1ccccc1.NC(=O)c1ccc[nH]c1=O. The highest BCUT2D eigenvalue weighted by molar-refractivity contribution is 6.35. The topological polar surface area (TPSA) is 97.9 Å². The summed E-state index contributed by atoms with van der Waals surface area (Å²) in [7, 11) is 0. The summed E-state index contributed by atoms with van der Waals surface area (Å²) in [6.07, 6.45) is 2.22. The number of nitrogens with one attached hydrogen (secondary N) is 1. The highest BCUT2D eigenvalue weighted by Gasteiger charge is 2.11. The lowest BCUT2D eigenvalue weighted by Crippen LogP contribution is -2.22. The highest BCUT2D eigenvalue weighted by atomic mass is 35.5. The maximum absolute atomic E-state index is 12.8. The molecule has 152 valence electrons. The van der Waals surface area contributed by atoms with Gasteiger partial charge in [-0.1, -0.05) is 48.9 Å². The molecule has 2 heterocycles. The summed E-state index contributed by atoms with van der Waals surface area (Å²) in [4.78, 5) is 36.3. The molecule has 2 aromatic heterocycles. The van der Waals surface area contributed by atoms with Crippen LogP contribution in [0, 0.1) is 0 Å². The van der Waals surface area contributed by atoms with Gasteiger partial charge in [-0.25, -0.2) is 0 Å². The molecule has 2 aromatic carbocycles. The molecule has 4 rings (SSSR count). The fourth-order valence-electron chi connectivity index (χ4n) is 3.11. The second-order valence-electron chi connectivity index (χ2n) is 6.45. The Morgan fingerprint density at radius 1 is 1.03 bits per heavy atom. The van der Waals surface area contributed by atoms with E-state index in [4.69, 9.17) is 17.3 Å².